The van der Waals surface area contributed by atoms with Gasteiger partial charge in [-0.15, -0.1) is 0 Å². The molecule has 0 spiro atoms. The second-order valence-electron chi connectivity index (χ2n) is 7.25. The van der Waals surface area contributed by atoms with Crippen molar-refractivity contribution in [2.24, 2.45) is 0 Å². The van der Waals surface area contributed by atoms with E-state index in [-0.39, 0.29) is 5.82 Å². The van der Waals surface area contributed by atoms with Gasteiger partial charge >= 0.3 is 0 Å². The van der Waals surface area contributed by atoms with E-state index < -0.39 is 0 Å². The van der Waals surface area contributed by atoms with Crippen molar-refractivity contribution in [1.82, 2.24) is 4.98 Å². The summed E-state index contributed by atoms with van der Waals surface area (Å²) in [5.74, 6) is 1.51. The topological polar surface area (TPSA) is 81.2 Å². The number of rotatable bonds is 5. The third-order valence-corrected chi connectivity index (χ3v) is 5.95. The largest absolute Gasteiger partial charge is 0.493 e. The van der Waals surface area contributed by atoms with Crippen LogP contribution in [0.3, 0.4) is 0 Å². The maximum Gasteiger partial charge on any atom is 0.175 e. The highest BCUT2D eigenvalue weighted by atomic mass is 79.9. The first-order valence-electron chi connectivity index (χ1n) is 9.88. The summed E-state index contributed by atoms with van der Waals surface area (Å²) < 4.78 is 12.5. The van der Waals surface area contributed by atoms with Crippen LogP contribution in [0.1, 0.15) is 35.2 Å². The predicted octanol–water partition coefficient (Wildman–Crippen LogP) is 5.43. The molecule has 1 aliphatic rings. The minimum Gasteiger partial charge on any atom is -0.493 e. The molecule has 0 bridgehead atoms. The molecular formula is C24H22BrN3O2. The highest BCUT2D eigenvalue weighted by molar-refractivity contribution is 9.10. The smallest absolute Gasteiger partial charge is 0.175 e. The Morgan fingerprint density at radius 2 is 1.93 bits per heavy atom. The van der Waals surface area contributed by atoms with E-state index in [0.717, 1.165) is 58.1 Å². The van der Waals surface area contributed by atoms with E-state index in [1.54, 1.807) is 7.11 Å². The van der Waals surface area contributed by atoms with E-state index in [2.05, 4.69) is 27.0 Å². The van der Waals surface area contributed by atoms with Crippen molar-refractivity contribution >= 4 is 21.7 Å². The number of nitrogen functional groups attached to an aromatic ring is 1. The molecule has 1 heterocycles. The van der Waals surface area contributed by atoms with Crippen LogP contribution in [0.5, 0.6) is 11.5 Å². The molecule has 3 aromatic rings. The van der Waals surface area contributed by atoms with Gasteiger partial charge in [-0.2, -0.15) is 5.26 Å². The molecule has 0 fully saturated rings. The van der Waals surface area contributed by atoms with Crippen LogP contribution < -0.4 is 15.2 Å². The van der Waals surface area contributed by atoms with Crippen molar-refractivity contribution in [3.63, 3.8) is 0 Å². The summed E-state index contributed by atoms with van der Waals surface area (Å²) in [6.07, 6.45) is 3.94. The quantitative estimate of drug-likeness (QED) is 0.545. The number of pyridine rings is 1. The Balaban J connectivity index is 1.79. The average molecular weight is 464 g/mol. The van der Waals surface area contributed by atoms with Gasteiger partial charge in [0, 0.05) is 11.3 Å². The second-order valence-corrected chi connectivity index (χ2v) is 8.11. The minimum absolute atomic E-state index is 0.285. The highest BCUT2D eigenvalue weighted by Crippen LogP contribution is 2.43. The van der Waals surface area contributed by atoms with E-state index in [1.165, 1.54) is 0 Å². The van der Waals surface area contributed by atoms with Gasteiger partial charge in [0.15, 0.2) is 11.5 Å². The summed E-state index contributed by atoms with van der Waals surface area (Å²) in [7, 11) is 1.61. The molecule has 2 N–H and O–H groups in total. The number of benzene rings is 2. The lowest BCUT2D eigenvalue weighted by Crippen LogP contribution is -2.12. The summed E-state index contributed by atoms with van der Waals surface area (Å²) in [6.45, 7) is 0.427. The molecule has 4 rings (SSSR count). The number of halogens is 1. The van der Waals surface area contributed by atoms with Gasteiger partial charge in [-0.05, 0) is 70.4 Å². The molecule has 0 saturated carbocycles. The Labute approximate surface area is 184 Å². The van der Waals surface area contributed by atoms with Crippen molar-refractivity contribution in [1.29, 1.82) is 5.26 Å². The maximum absolute atomic E-state index is 9.79. The number of hydrogen-bond acceptors (Lipinski definition) is 5. The first-order chi connectivity index (χ1) is 14.6. The average Bonchev–Trinajstić information content (AvgIpc) is 2.77. The molecule has 1 aromatic heterocycles. The van der Waals surface area contributed by atoms with E-state index in [1.807, 2.05) is 42.5 Å². The number of aromatic nitrogens is 1. The fraction of sp³-hybridized carbons (Fsp3) is 0.250. The molecule has 0 aliphatic heterocycles. The van der Waals surface area contributed by atoms with Crippen LogP contribution >= 0.6 is 15.9 Å². The summed E-state index contributed by atoms with van der Waals surface area (Å²) in [6, 6.07) is 16.1. The number of ether oxygens (including phenoxy) is 2. The standard InChI is InChI=1S/C24H22BrN3O2/c1-29-21-12-16(11-19(25)23(21)30-14-15-7-3-2-4-8-15)22-17-9-5-6-10-20(17)28-24(27)18(22)13-26/h2-4,7-8,11-12H,5-6,9-10,14H2,1H3,(H2,27,28). The molecule has 30 heavy (non-hydrogen) atoms. The number of fused-ring (bicyclic) bond motifs is 1. The normalized spacial score (nSPS) is 12.7. The van der Waals surface area contributed by atoms with E-state index in [9.17, 15) is 5.26 Å². The number of nitrogens with two attached hydrogens (primary N) is 1. The van der Waals surface area contributed by atoms with Crippen LogP contribution in [0.25, 0.3) is 11.1 Å². The molecule has 1 aliphatic carbocycles. The molecule has 152 valence electrons. The van der Waals surface area contributed by atoms with Crippen molar-refractivity contribution in [2.45, 2.75) is 32.3 Å². The zero-order valence-electron chi connectivity index (χ0n) is 16.7. The lowest BCUT2D eigenvalue weighted by atomic mass is 9.86. The fourth-order valence-corrected chi connectivity index (χ4v) is 4.48. The molecular weight excluding hydrogens is 442 g/mol. The molecule has 6 heteroatoms. The van der Waals surface area contributed by atoms with Crippen LogP contribution in [0, 0.1) is 11.3 Å². The summed E-state index contributed by atoms with van der Waals surface area (Å²) >= 11 is 3.64. The van der Waals surface area contributed by atoms with Gasteiger partial charge in [-0.1, -0.05) is 30.3 Å². The first kappa shape index (κ1) is 20.2. The minimum atomic E-state index is 0.285. The Morgan fingerprint density at radius 1 is 1.17 bits per heavy atom. The van der Waals surface area contributed by atoms with Gasteiger partial charge < -0.3 is 15.2 Å². The number of anilines is 1. The Morgan fingerprint density at radius 3 is 2.67 bits per heavy atom. The monoisotopic (exact) mass is 463 g/mol. The zero-order chi connectivity index (χ0) is 21.1. The van der Waals surface area contributed by atoms with Crippen LogP contribution in [0.2, 0.25) is 0 Å². The summed E-state index contributed by atoms with van der Waals surface area (Å²) in [4.78, 5) is 4.50. The van der Waals surface area contributed by atoms with E-state index >= 15 is 0 Å². The zero-order valence-corrected chi connectivity index (χ0v) is 18.3. The van der Waals surface area contributed by atoms with Crippen LogP contribution in [0.4, 0.5) is 5.82 Å². The second kappa shape index (κ2) is 8.76. The third-order valence-electron chi connectivity index (χ3n) is 5.36. The van der Waals surface area contributed by atoms with Crippen molar-refractivity contribution in [3.05, 3.63) is 69.3 Å². The fourth-order valence-electron chi connectivity index (χ4n) is 3.93. The maximum atomic E-state index is 9.79. The predicted molar refractivity (Wildman–Crippen MR) is 120 cm³/mol. The molecule has 0 saturated heterocycles. The van der Waals surface area contributed by atoms with Crippen LogP contribution in [-0.2, 0) is 19.4 Å². The summed E-state index contributed by atoms with van der Waals surface area (Å²) in [5.41, 5.74) is 11.5. The van der Waals surface area contributed by atoms with E-state index in [0.29, 0.717) is 23.7 Å². The van der Waals surface area contributed by atoms with Gasteiger partial charge in [0.1, 0.15) is 24.1 Å². The number of methoxy groups -OCH3 is 1. The van der Waals surface area contributed by atoms with Gasteiger partial charge in [-0.3, -0.25) is 0 Å². The Bertz CT molecular complexity index is 1120. The number of aryl methyl sites for hydroxylation is 1. The summed E-state index contributed by atoms with van der Waals surface area (Å²) in [5, 5.41) is 9.79. The Kier molecular flexibility index (Phi) is 5.91. The first-order valence-corrected chi connectivity index (χ1v) is 10.7. The van der Waals surface area contributed by atoms with Gasteiger partial charge in [-0.25, -0.2) is 4.98 Å². The molecule has 0 radical (unpaired) electrons. The SMILES string of the molecule is COc1cc(-c2c(C#N)c(N)nc3c2CCCC3)cc(Br)c1OCc1ccccc1. The van der Waals surface area contributed by atoms with Crippen molar-refractivity contribution < 1.29 is 9.47 Å². The van der Waals surface area contributed by atoms with Crippen LogP contribution in [0.15, 0.2) is 46.9 Å². The van der Waals surface area contributed by atoms with Gasteiger partial charge in [0.2, 0.25) is 0 Å². The molecule has 0 atom stereocenters. The van der Waals surface area contributed by atoms with Crippen LogP contribution in [-0.4, -0.2) is 12.1 Å². The molecule has 2 aromatic carbocycles. The van der Waals surface area contributed by atoms with E-state index in [4.69, 9.17) is 15.2 Å². The number of hydrogen-bond donors (Lipinski definition) is 1. The van der Waals surface area contributed by atoms with Gasteiger partial charge in [0.05, 0.1) is 11.6 Å². The molecule has 0 amide bonds. The lowest BCUT2D eigenvalue weighted by molar-refractivity contribution is 0.282. The molecule has 5 nitrogen and oxygen atoms in total. The van der Waals surface area contributed by atoms with Crippen molar-refractivity contribution in [3.8, 4) is 28.7 Å². The Hall–Kier alpha value is -3.04. The molecule has 0 unspecified atom stereocenters. The lowest BCUT2D eigenvalue weighted by Gasteiger charge is -2.22. The van der Waals surface area contributed by atoms with Crippen molar-refractivity contribution in [2.75, 3.05) is 12.8 Å². The number of nitrogens with zero attached hydrogens (tertiary/aromatic N) is 2. The van der Waals surface area contributed by atoms with Gasteiger partial charge in [0.25, 0.3) is 0 Å². The number of nitriles is 1. The third kappa shape index (κ3) is 3.86. The highest BCUT2D eigenvalue weighted by Gasteiger charge is 2.24.